The Labute approximate surface area is 355 Å². The maximum absolute atomic E-state index is 15.1. The van der Waals surface area contributed by atoms with Gasteiger partial charge < -0.3 is 5.32 Å². The molecule has 3 heterocycles. The molecule has 1 unspecified atom stereocenters. The van der Waals surface area contributed by atoms with Gasteiger partial charge in [0.15, 0.2) is 0 Å². The number of thioether (sulfide) groups is 1. The third-order valence-electron chi connectivity index (χ3n) is 10.6. The molecule has 0 saturated carbocycles. The first-order valence-electron chi connectivity index (χ1n) is 19.1. The van der Waals surface area contributed by atoms with Crippen LogP contribution in [0.5, 0.6) is 0 Å². The topological polar surface area (TPSA) is 139 Å². The molecule has 1 fully saturated rings. The van der Waals surface area contributed by atoms with Crippen LogP contribution in [0.15, 0.2) is 173 Å². The number of carbonyl (C=O) groups is 4. The number of fused-ring (bicyclic) bond motifs is 1. The van der Waals surface area contributed by atoms with Gasteiger partial charge >= 0.3 is 341 Å². The van der Waals surface area contributed by atoms with Crippen LogP contribution in [0.4, 0.5) is 5.13 Å². The van der Waals surface area contributed by atoms with E-state index in [2.05, 4.69) is 57.2 Å². The fraction of sp³-hybridized carbons (Fsp3) is 0.130. The van der Waals surface area contributed by atoms with Crippen molar-refractivity contribution in [2.75, 3.05) is 24.3 Å². The number of anilines is 1. The zero-order chi connectivity index (χ0) is 41.5. The molecule has 2 aliphatic heterocycles. The third-order valence-corrected chi connectivity index (χ3v) is 17.6. The van der Waals surface area contributed by atoms with Crippen molar-refractivity contribution in [3.8, 4) is 0 Å². The third kappa shape index (κ3) is 7.99. The Morgan fingerprint density at radius 2 is 1.35 bits per heavy atom. The number of carbonyl (C=O) groups excluding carboxylic acids is 4. The molecule has 0 spiro atoms. The van der Waals surface area contributed by atoms with Gasteiger partial charge in [-0.1, -0.05) is 0 Å². The number of oxime groups is 1. The molecule has 1 aromatic heterocycles. The number of ether oxygens (including phenoxy) is 1. The number of benzene rings is 5. The first-order chi connectivity index (χ1) is 29.4. The number of nitrogens with zero attached hydrogens (tertiary/aromatic N) is 3. The van der Waals surface area contributed by atoms with Crippen LogP contribution in [0, 0.1) is 0 Å². The first kappa shape index (κ1) is 40.4. The maximum atomic E-state index is 15.1. The first-order valence-corrected chi connectivity index (χ1v) is 23.3. The standard InChI is InChI=1S/C46H40N5O6PS2/c1-56-50-38(37-29-60-46(48-37)47-30-52)42(53)49-39-43(54)51-40(45(55)57-41(31-17-7-2-8-18-31)32-19-9-3-10-20-32)33(28-59-44(39)51)27-58(34-21-11-4-12-22-34,35-23-13-5-14-24-35)36-25-15-6-16-26-36/h2-26,29-30,39,41,44,58H,27-28H2,1H3,(H,49,53)(H,47,48,52)/b50-38-/t39?,44-/m1/s1. The summed E-state index contributed by atoms with van der Waals surface area (Å²) in [5.74, 6) is -1.41. The summed E-state index contributed by atoms with van der Waals surface area (Å²) in [6, 6.07) is 49.3. The average molecular weight is 854 g/mol. The molecule has 11 nitrogen and oxygen atoms in total. The number of hydrogen-bond donors (Lipinski definition) is 2. The van der Waals surface area contributed by atoms with Gasteiger partial charge in [0.2, 0.25) is 6.41 Å². The van der Waals surface area contributed by atoms with E-state index >= 15 is 4.79 Å². The van der Waals surface area contributed by atoms with E-state index in [1.807, 2.05) is 115 Å². The molecule has 6 aromatic rings. The van der Waals surface area contributed by atoms with Crippen LogP contribution in [0.2, 0.25) is 0 Å². The predicted molar refractivity (Wildman–Crippen MR) is 240 cm³/mol. The molecule has 302 valence electrons. The van der Waals surface area contributed by atoms with E-state index in [1.54, 1.807) is 5.38 Å². The summed E-state index contributed by atoms with van der Waals surface area (Å²) in [5, 5.41) is 13.8. The number of rotatable bonds is 15. The van der Waals surface area contributed by atoms with Crippen molar-refractivity contribution in [3.63, 3.8) is 0 Å². The minimum atomic E-state index is -2.97. The molecule has 2 atom stereocenters. The van der Waals surface area contributed by atoms with E-state index in [0.29, 0.717) is 18.3 Å². The molecule has 3 amide bonds. The van der Waals surface area contributed by atoms with E-state index < -0.39 is 42.6 Å². The predicted octanol–water partition coefficient (Wildman–Crippen LogP) is 5.78. The molecule has 60 heavy (non-hydrogen) atoms. The second-order valence-corrected chi connectivity index (χ2v) is 19.9. The monoisotopic (exact) mass is 853 g/mol. The normalized spacial score (nSPS) is 16.7. The van der Waals surface area contributed by atoms with Gasteiger partial charge in [-0.3, -0.25) is 4.79 Å². The molecule has 5 aromatic carbocycles. The molecular weight excluding hydrogens is 814 g/mol. The van der Waals surface area contributed by atoms with Gasteiger partial charge in [0, 0.05) is 0 Å². The molecule has 2 N–H and O–H groups in total. The van der Waals surface area contributed by atoms with Gasteiger partial charge in [-0.15, -0.1) is 0 Å². The van der Waals surface area contributed by atoms with Gasteiger partial charge in [0.25, 0.3) is 0 Å². The summed E-state index contributed by atoms with van der Waals surface area (Å²) in [5.41, 5.74) is 2.50. The Kier molecular flexibility index (Phi) is 12.3. The van der Waals surface area contributed by atoms with Crippen molar-refractivity contribution in [3.05, 3.63) is 185 Å². The summed E-state index contributed by atoms with van der Waals surface area (Å²) in [7, 11) is -1.68. The van der Waals surface area contributed by atoms with Crippen LogP contribution in [-0.2, 0) is 28.8 Å². The van der Waals surface area contributed by atoms with Crippen LogP contribution in [-0.4, -0.2) is 70.2 Å². The summed E-state index contributed by atoms with van der Waals surface area (Å²) in [6.07, 6.45) is 0.191. The van der Waals surface area contributed by atoms with E-state index in [0.717, 1.165) is 44.0 Å². The molecule has 0 bridgehead atoms. The number of amides is 3. The van der Waals surface area contributed by atoms with Crippen LogP contribution in [0.3, 0.4) is 0 Å². The van der Waals surface area contributed by atoms with Gasteiger partial charge in [0.05, 0.1) is 0 Å². The number of hydrogen-bond acceptors (Lipinski definition) is 10. The van der Waals surface area contributed by atoms with E-state index in [9.17, 15) is 14.4 Å². The van der Waals surface area contributed by atoms with E-state index in [4.69, 9.17) is 9.57 Å². The number of aromatic nitrogens is 1. The minimum absolute atomic E-state index is 0.159. The SMILES string of the molecule is CO/N=C(\C(=O)NC1C(=O)N2C(C(=O)OC(c3ccccc3)c3ccccc3)=C(C[PH](c3ccccc3)(c3ccccc3)c3ccccc3)CS[C@H]12)c1csc(NC=O)n1. The van der Waals surface area contributed by atoms with Crippen molar-refractivity contribution >= 4 is 81.3 Å². The van der Waals surface area contributed by atoms with Gasteiger partial charge in [-0.25, -0.2) is 0 Å². The molecule has 1 saturated heterocycles. The molecule has 0 radical (unpaired) electrons. The van der Waals surface area contributed by atoms with Crippen LogP contribution in [0.1, 0.15) is 22.9 Å². The van der Waals surface area contributed by atoms with E-state index in [-0.39, 0.29) is 22.2 Å². The zero-order valence-corrected chi connectivity index (χ0v) is 35.0. The Balaban J connectivity index is 1.22. The van der Waals surface area contributed by atoms with Gasteiger partial charge in [-0.2, -0.15) is 0 Å². The summed E-state index contributed by atoms with van der Waals surface area (Å²) < 4.78 is 6.55. The van der Waals surface area contributed by atoms with E-state index in [1.165, 1.54) is 23.8 Å². The van der Waals surface area contributed by atoms with Crippen LogP contribution >= 0.6 is 30.4 Å². The van der Waals surface area contributed by atoms with Crippen molar-refractivity contribution in [2.45, 2.75) is 17.5 Å². The molecule has 2 aliphatic rings. The second kappa shape index (κ2) is 18.3. The summed E-state index contributed by atoms with van der Waals surface area (Å²) in [6.45, 7) is 0. The number of nitrogens with one attached hydrogen (secondary N) is 2. The van der Waals surface area contributed by atoms with Gasteiger partial charge in [-0.05, 0) is 0 Å². The molecule has 0 aliphatic carbocycles. The van der Waals surface area contributed by atoms with Crippen molar-refractivity contribution in [2.24, 2.45) is 5.16 Å². The zero-order valence-electron chi connectivity index (χ0n) is 32.3. The second-order valence-electron chi connectivity index (χ2n) is 14.0. The van der Waals surface area contributed by atoms with Crippen LogP contribution < -0.4 is 26.5 Å². The molecule has 8 rings (SSSR count). The number of thiazole rings is 1. The number of esters is 1. The quantitative estimate of drug-likeness (QED) is 0.0332. The molecular formula is C46H40N5O6PS2. The van der Waals surface area contributed by atoms with Gasteiger partial charge in [0.1, 0.15) is 0 Å². The Bertz CT molecular complexity index is 2410. The average Bonchev–Trinajstić information content (AvgIpc) is 3.77. The van der Waals surface area contributed by atoms with Crippen molar-refractivity contribution in [1.29, 1.82) is 0 Å². The Morgan fingerprint density at radius 1 is 0.833 bits per heavy atom. The van der Waals surface area contributed by atoms with Crippen LogP contribution in [0.25, 0.3) is 0 Å². The summed E-state index contributed by atoms with van der Waals surface area (Å²) in [4.78, 5) is 65.2. The number of β-lactam (4-membered cyclic amide) rings is 1. The molecule has 14 heteroatoms. The Morgan fingerprint density at radius 3 is 1.85 bits per heavy atom. The van der Waals surface area contributed by atoms with Crippen molar-refractivity contribution < 1.29 is 28.8 Å². The fourth-order valence-corrected chi connectivity index (χ4v) is 14.9. The Hall–Kier alpha value is -6.40. The van der Waals surface area contributed by atoms with Crippen molar-refractivity contribution in [1.82, 2.24) is 15.2 Å². The summed E-state index contributed by atoms with van der Waals surface area (Å²) >= 11 is 2.58. The fourth-order valence-electron chi connectivity index (χ4n) is 7.85.